The van der Waals surface area contributed by atoms with Crippen LogP contribution < -0.4 is 0 Å². The number of rotatable bonds is 1. The average molecular weight is 202 g/mol. The molecule has 0 heteroatoms. The molecule has 0 radical (unpaired) electrons. The van der Waals surface area contributed by atoms with Crippen LogP contribution >= 0.6 is 0 Å². The third-order valence-corrected chi connectivity index (χ3v) is 5.56. The molecule has 4 bridgehead atoms. The lowest BCUT2D eigenvalue weighted by molar-refractivity contribution is -0.156. The van der Waals surface area contributed by atoms with Gasteiger partial charge in [-0.15, -0.1) is 0 Å². The molecule has 0 nitrogen and oxygen atoms in total. The molecular weight excluding hydrogens is 180 g/mol. The van der Waals surface area contributed by atoms with E-state index in [1.54, 1.807) is 0 Å². The Morgan fingerprint density at radius 3 is 2.80 bits per heavy atom. The standard InChI is InChI=1S/C15H22/c1-9(2)11-7-8-15(4)12-6-5-10(3)14(15)13(11)12/h5-6,9,11-14H,3,7-8H2,1-2,4H3/t11-,12+,13+,14-,15-/m1/s1. The Morgan fingerprint density at radius 1 is 1.47 bits per heavy atom. The van der Waals surface area contributed by atoms with Crippen molar-refractivity contribution in [1.82, 2.24) is 0 Å². The van der Waals surface area contributed by atoms with Gasteiger partial charge in [-0.3, -0.25) is 0 Å². The summed E-state index contributed by atoms with van der Waals surface area (Å²) in [6, 6.07) is 0. The molecule has 0 aromatic rings. The van der Waals surface area contributed by atoms with Gasteiger partial charge in [0.05, 0.1) is 0 Å². The Balaban J connectivity index is 1.98. The maximum absolute atomic E-state index is 4.27. The summed E-state index contributed by atoms with van der Waals surface area (Å²) in [6.07, 6.45) is 7.62. The summed E-state index contributed by atoms with van der Waals surface area (Å²) >= 11 is 0. The molecule has 15 heavy (non-hydrogen) atoms. The van der Waals surface area contributed by atoms with E-state index in [0.717, 1.165) is 29.6 Å². The van der Waals surface area contributed by atoms with E-state index >= 15 is 0 Å². The topological polar surface area (TPSA) is 0 Å². The van der Waals surface area contributed by atoms with Gasteiger partial charge in [0.25, 0.3) is 0 Å². The van der Waals surface area contributed by atoms with E-state index in [0.29, 0.717) is 5.41 Å². The van der Waals surface area contributed by atoms with Crippen molar-refractivity contribution in [3.8, 4) is 0 Å². The Labute approximate surface area is 93.5 Å². The van der Waals surface area contributed by atoms with E-state index in [1.807, 2.05) is 0 Å². The molecule has 0 aliphatic heterocycles. The first-order chi connectivity index (χ1) is 7.05. The molecule has 0 spiro atoms. The molecule has 4 rings (SSSR count). The van der Waals surface area contributed by atoms with E-state index in [4.69, 9.17) is 0 Å². The van der Waals surface area contributed by atoms with Crippen LogP contribution in [-0.2, 0) is 0 Å². The predicted molar refractivity (Wildman–Crippen MR) is 64.4 cm³/mol. The summed E-state index contributed by atoms with van der Waals surface area (Å²) in [4.78, 5) is 0. The molecule has 0 heterocycles. The van der Waals surface area contributed by atoms with Gasteiger partial charge in [-0.05, 0) is 47.8 Å². The molecule has 4 aliphatic rings. The van der Waals surface area contributed by atoms with E-state index in [-0.39, 0.29) is 0 Å². The molecule has 0 unspecified atom stereocenters. The summed E-state index contributed by atoms with van der Waals surface area (Å²) < 4.78 is 0. The molecular formula is C15H22. The minimum absolute atomic E-state index is 0.585. The Bertz CT molecular complexity index is 336. The normalized spacial score (nSPS) is 51.9. The molecule has 0 N–H and O–H groups in total. The average Bonchev–Trinajstić information content (AvgIpc) is 2.17. The first-order valence-electron chi connectivity index (χ1n) is 6.42. The molecule has 0 amide bonds. The van der Waals surface area contributed by atoms with Crippen molar-refractivity contribution in [2.75, 3.05) is 0 Å². The Morgan fingerprint density at radius 2 is 2.20 bits per heavy atom. The van der Waals surface area contributed by atoms with E-state index in [1.165, 1.54) is 18.4 Å². The number of fused-ring (bicyclic) bond motifs is 1. The first kappa shape index (κ1) is 9.69. The Hall–Kier alpha value is -0.520. The van der Waals surface area contributed by atoms with Crippen molar-refractivity contribution in [3.05, 3.63) is 24.3 Å². The fourth-order valence-corrected chi connectivity index (χ4v) is 4.81. The monoisotopic (exact) mass is 202 g/mol. The summed E-state index contributed by atoms with van der Waals surface area (Å²) in [5.41, 5.74) is 2.00. The van der Waals surface area contributed by atoms with Gasteiger partial charge in [0.2, 0.25) is 0 Å². The third-order valence-electron chi connectivity index (χ3n) is 5.56. The summed E-state index contributed by atoms with van der Waals surface area (Å²) in [5.74, 6) is 4.41. The molecule has 2 saturated carbocycles. The SMILES string of the molecule is C=C1C=C[C@H]2[C@@H]3[C@@H](C(C)C)CC[C@@]2(C)[C@H]13. The van der Waals surface area contributed by atoms with Crippen molar-refractivity contribution in [1.29, 1.82) is 0 Å². The van der Waals surface area contributed by atoms with Crippen molar-refractivity contribution >= 4 is 0 Å². The molecule has 2 fully saturated rings. The molecule has 0 saturated heterocycles. The summed E-state index contributed by atoms with van der Waals surface area (Å²) in [7, 11) is 0. The van der Waals surface area contributed by atoms with Gasteiger partial charge >= 0.3 is 0 Å². The second-order valence-corrected chi connectivity index (χ2v) is 6.47. The van der Waals surface area contributed by atoms with Crippen molar-refractivity contribution in [2.45, 2.75) is 33.6 Å². The highest BCUT2D eigenvalue weighted by Gasteiger charge is 2.64. The second kappa shape index (κ2) is 2.78. The fraction of sp³-hybridized carbons (Fsp3) is 0.733. The maximum atomic E-state index is 4.27. The van der Waals surface area contributed by atoms with Gasteiger partial charge in [-0.1, -0.05) is 45.1 Å². The van der Waals surface area contributed by atoms with Gasteiger partial charge in [0, 0.05) is 0 Å². The van der Waals surface area contributed by atoms with Crippen LogP contribution in [0, 0.1) is 35.0 Å². The van der Waals surface area contributed by atoms with Crippen molar-refractivity contribution < 1.29 is 0 Å². The van der Waals surface area contributed by atoms with Gasteiger partial charge in [0.1, 0.15) is 0 Å². The van der Waals surface area contributed by atoms with Crippen LogP contribution in [0.2, 0.25) is 0 Å². The minimum Gasteiger partial charge on any atom is -0.0955 e. The zero-order valence-electron chi connectivity index (χ0n) is 10.2. The highest BCUT2D eigenvalue weighted by Crippen LogP contribution is 2.71. The lowest BCUT2D eigenvalue weighted by Gasteiger charge is -2.69. The molecule has 0 aromatic carbocycles. The molecule has 4 aliphatic carbocycles. The highest BCUT2D eigenvalue weighted by molar-refractivity contribution is 5.37. The summed E-state index contributed by atoms with van der Waals surface area (Å²) in [6.45, 7) is 11.6. The number of allylic oxidation sites excluding steroid dienone is 3. The van der Waals surface area contributed by atoms with Crippen LogP contribution in [0.1, 0.15) is 33.6 Å². The summed E-state index contributed by atoms with van der Waals surface area (Å²) in [5, 5.41) is 0. The van der Waals surface area contributed by atoms with E-state index in [2.05, 4.69) is 39.5 Å². The van der Waals surface area contributed by atoms with Crippen molar-refractivity contribution in [2.24, 2.45) is 35.0 Å². The van der Waals surface area contributed by atoms with Gasteiger partial charge < -0.3 is 0 Å². The lowest BCUT2D eigenvalue weighted by Crippen LogP contribution is -2.63. The van der Waals surface area contributed by atoms with E-state index in [9.17, 15) is 0 Å². The van der Waals surface area contributed by atoms with Crippen LogP contribution in [0.5, 0.6) is 0 Å². The Kier molecular flexibility index (Phi) is 1.80. The number of hydrogen-bond donors (Lipinski definition) is 0. The molecule has 5 atom stereocenters. The molecule has 82 valence electrons. The zero-order valence-corrected chi connectivity index (χ0v) is 10.2. The largest absolute Gasteiger partial charge is 0.0955 e. The lowest BCUT2D eigenvalue weighted by atomic mass is 9.35. The van der Waals surface area contributed by atoms with E-state index < -0.39 is 0 Å². The van der Waals surface area contributed by atoms with Crippen LogP contribution in [0.15, 0.2) is 24.3 Å². The van der Waals surface area contributed by atoms with Gasteiger partial charge in [0.15, 0.2) is 0 Å². The third kappa shape index (κ3) is 0.984. The second-order valence-electron chi connectivity index (χ2n) is 6.47. The first-order valence-corrected chi connectivity index (χ1v) is 6.42. The van der Waals surface area contributed by atoms with Crippen molar-refractivity contribution in [3.63, 3.8) is 0 Å². The number of hydrogen-bond acceptors (Lipinski definition) is 0. The minimum atomic E-state index is 0.585. The highest BCUT2D eigenvalue weighted by atomic mass is 14.7. The quantitative estimate of drug-likeness (QED) is 0.602. The van der Waals surface area contributed by atoms with Crippen LogP contribution in [-0.4, -0.2) is 0 Å². The van der Waals surface area contributed by atoms with Crippen LogP contribution in [0.3, 0.4) is 0 Å². The van der Waals surface area contributed by atoms with Crippen LogP contribution in [0.4, 0.5) is 0 Å². The van der Waals surface area contributed by atoms with Gasteiger partial charge in [-0.25, -0.2) is 0 Å². The maximum Gasteiger partial charge on any atom is -0.00713 e. The fourth-order valence-electron chi connectivity index (χ4n) is 4.81. The predicted octanol–water partition coefficient (Wildman–Crippen LogP) is 4.05. The van der Waals surface area contributed by atoms with Gasteiger partial charge in [-0.2, -0.15) is 0 Å². The zero-order chi connectivity index (χ0) is 10.8. The van der Waals surface area contributed by atoms with Crippen LogP contribution in [0.25, 0.3) is 0 Å². The molecule has 0 aromatic heterocycles. The smallest absolute Gasteiger partial charge is 0.00713 e.